The fraction of sp³-hybridized carbons (Fsp3) is 0.0526. The number of hydrogen-bond acceptors (Lipinski definition) is 5. The Balaban J connectivity index is 1.72. The summed E-state index contributed by atoms with van der Waals surface area (Å²) in [5, 5.41) is 8.89. The van der Waals surface area contributed by atoms with Crippen molar-refractivity contribution in [2.75, 3.05) is 4.72 Å². The van der Waals surface area contributed by atoms with Crippen LogP contribution >= 0.6 is 0 Å². The Morgan fingerprint density at radius 2 is 1.81 bits per heavy atom. The van der Waals surface area contributed by atoms with Crippen molar-refractivity contribution in [1.29, 1.82) is 0 Å². The van der Waals surface area contributed by atoms with E-state index in [0.717, 1.165) is 5.69 Å². The van der Waals surface area contributed by atoms with E-state index < -0.39 is 16.0 Å². The van der Waals surface area contributed by atoms with Crippen LogP contribution in [0.1, 0.15) is 16.1 Å². The highest BCUT2D eigenvalue weighted by atomic mass is 32.2. The highest BCUT2D eigenvalue weighted by Gasteiger charge is 2.15. The molecular weight excluding hydrogens is 368 g/mol. The summed E-state index contributed by atoms with van der Waals surface area (Å²) in [5.41, 5.74) is 1.09. The van der Waals surface area contributed by atoms with Crippen molar-refractivity contribution in [3.05, 3.63) is 84.2 Å². The highest BCUT2D eigenvalue weighted by molar-refractivity contribution is 7.92. The summed E-state index contributed by atoms with van der Waals surface area (Å²) in [5.74, 6) is -0.633. The molecule has 0 saturated carbocycles. The van der Waals surface area contributed by atoms with Gasteiger partial charge in [-0.05, 0) is 48.5 Å². The first-order valence-electron chi connectivity index (χ1n) is 7.93. The number of pyridine rings is 1. The summed E-state index contributed by atoms with van der Waals surface area (Å²) in [4.78, 5) is 15.0. The predicted octanol–water partition coefficient (Wildman–Crippen LogP) is 3.16. The van der Waals surface area contributed by atoms with Crippen LogP contribution in [0.3, 0.4) is 0 Å². The van der Waals surface area contributed by atoms with Crippen LogP contribution in [0, 0.1) is 0 Å². The second-order valence-corrected chi connectivity index (χ2v) is 7.26. The molecule has 7 nitrogen and oxygen atoms in total. The van der Waals surface area contributed by atoms with E-state index in [2.05, 4.69) is 9.71 Å². The lowest BCUT2D eigenvalue weighted by Crippen LogP contribution is -2.13. The first-order valence-corrected chi connectivity index (χ1v) is 9.41. The van der Waals surface area contributed by atoms with Gasteiger partial charge in [0.15, 0.2) is 0 Å². The van der Waals surface area contributed by atoms with E-state index in [0.29, 0.717) is 11.4 Å². The molecule has 138 valence electrons. The summed E-state index contributed by atoms with van der Waals surface area (Å²) in [7, 11) is -3.85. The predicted molar refractivity (Wildman–Crippen MR) is 99.2 cm³/mol. The van der Waals surface area contributed by atoms with E-state index in [9.17, 15) is 13.2 Å². The molecule has 2 N–H and O–H groups in total. The topological polar surface area (TPSA) is 106 Å². The molecule has 0 fully saturated rings. The molecule has 2 aromatic carbocycles. The molecule has 0 spiro atoms. The number of anilines is 1. The number of carbonyl (C=O) groups is 1. The summed E-state index contributed by atoms with van der Waals surface area (Å²) >= 11 is 0. The zero-order chi connectivity index (χ0) is 19.3. The number of carboxylic acid groups (broad SMARTS) is 1. The SMILES string of the molecule is O=C(O)c1ccc(S(=O)(=O)Nc2cccc(OCc3ccccn3)c2)cc1. The molecule has 1 aromatic heterocycles. The Morgan fingerprint density at radius 1 is 1.04 bits per heavy atom. The first-order chi connectivity index (χ1) is 12.9. The number of sulfonamides is 1. The van der Waals surface area contributed by atoms with Crippen molar-refractivity contribution in [1.82, 2.24) is 4.98 Å². The van der Waals surface area contributed by atoms with E-state index in [1.165, 1.54) is 24.3 Å². The fourth-order valence-electron chi connectivity index (χ4n) is 2.28. The van der Waals surface area contributed by atoms with E-state index in [1.807, 2.05) is 18.2 Å². The third kappa shape index (κ3) is 4.83. The molecular formula is C19H16N2O5S. The average molecular weight is 384 g/mol. The molecule has 0 amide bonds. The normalized spacial score (nSPS) is 11.0. The number of nitrogens with zero attached hydrogens (tertiary/aromatic N) is 1. The van der Waals surface area contributed by atoms with Crippen molar-refractivity contribution >= 4 is 21.7 Å². The molecule has 0 aliphatic carbocycles. The zero-order valence-electron chi connectivity index (χ0n) is 14.1. The summed E-state index contributed by atoms with van der Waals surface area (Å²) in [6, 6.07) is 17.0. The van der Waals surface area contributed by atoms with Crippen LogP contribution in [0.2, 0.25) is 0 Å². The van der Waals surface area contributed by atoms with E-state index in [1.54, 1.807) is 30.5 Å². The van der Waals surface area contributed by atoms with Gasteiger partial charge in [-0.25, -0.2) is 13.2 Å². The number of carboxylic acids is 1. The minimum Gasteiger partial charge on any atom is -0.487 e. The summed E-state index contributed by atoms with van der Waals surface area (Å²) in [6.07, 6.45) is 1.67. The number of aromatic carboxylic acids is 1. The second-order valence-electron chi connectivity index (χ2n) is 5.57. The molecule has 0 aliphatic heterocycles. The van der Waals surface area contributed by atoms with Gasteiger partial charge in [0.05, 0.1) is 21.8 Å². The molecule has 0 radical (unpaired) electrons. The van der Waals surface area contributed by atoms with Crippen LogP contribution in [-0.2, 0) is 16.6 Å². The number of benzene rings is 2. The number of ether oxygens (including phenoxy) is 1. The Morgan fingerprint density at radius 3 is 2.48 bits per heavy atom. The standard InChI is InChI=1S/C19H16N2O5S/c22-19(23)14-7-9-18(10-8-14)27(24,25)21-15-5-3-6-17(12-15)26-13-16-4-1-2-11-20-16/h1-12,21H,13H2,(H,22,23). The van der Waals surface area contributed by atoms with Gasteiger partial charge < -0.3 is 9.84 Å². The van der Waals surface area contributed by atoms with Crippen molar-refractivity contribution in [3.63, 3.8) is 0 Å². The fourth-order valence-corrected chi connectivity index (χ4v) is 3.33. The Bertz CT molecular complexity index is 1040. The Labute approximate surface area is 156 Å². The average Bonchev–Trinajstić information content (AvgIpc) is 2.67. The summed E-state index contributed by atoms with van der Waals surface area (Å²) in [6.45, 7) is 0.258. The van der Waals surface area contributed by atoms with Crippen LogP contribution in [0.25, 0.3) is 0 Å². The van der Waals surface area contributed by atoms with E-state index in [-0.39, 0.29) is 17.1 Å². The van der Waals surface area contributed by atoms with Crippen molar-refractivity contribution in [2.45, 2.75) is 11.5 Å². The van der Waals surface area contributed by atoms with Gasteiger partial charge in [0, 0.05) is 12.3 Å². The lowest BCUT2D eigenvalue weighted by atomic mass is 10.2. The Kier molecular flexibility index (Phi) is 5.37. The summed E-state index contributed by atoms with van der Waals surface area (Å²) < 4.78 is 33.0. The molecule has 0 aliphatic rings. The molecule has 27 heavy (non-hydrogen) atoms. The van der Waals surface area contributed by atoms with Gasteiger partial charge in [0.1, 0.15) is 12.4 Å². The third-order valence-corrected chi connectivity index (χ3v) is 5.01. The maximum atomic E-state index is 12.5. The third-order valence-electron chi connectivity index (χ3n) is 3.61. The van der Waals surface area contributed by atoms with Gasteiger partial charge >= 0.3 is 5.97 Å². The maximum absolute atomic E-state index is 12.5. The molecule has 3 aromatic rings. The van der Waals surface area contributed by atoms with Crippen LogP contribution in [0.15, 0.2) is 77.8 Å². The Hall–Kier alpha value is -3.39. The monoisotopic (exact) mass is 384 g/mol. The van der Waals surface area contributed by atoms with E-state index >= 15 is 0 Å². The van der Waals surface area contributed by atoms with Crippen LogP contribution in [0.4, 0.5) is 5.69 Å². The smallest absolute Gasteiger partial charge is 0.335 e. The maximum Gasteiger partial charge on any atom is 0.335 e. The van der Waals surface area contributed by atoms with Gasteiger partial charge in [-0.3, -0.25) is 9.71 Å². The minimum absolute atomic E-state index is 0.0128. The number of rotatable bonds is 7. The highest BCUT2D eigenvalue weighted by Crippen LogP contribution is 2.22. The lowest BCUT2D eigenvalue weighted by molar-refractivity contribution is 0.0696. The molecule has 8 heteroatoms. The zero-order valence-corrected chi connectivity index (χ0v) is 14.9. The van der Waals surface area contributed by atoms with Gasteiger partial charge in [-0.1, -0.05) is 12.1 Å². The number of nitrogens with one attached hydrogen (secondary N) is 1. The van der Waals surface area contributed by atoms with Crippen molar-refractivity contribution in [2.24, 2.45) is 0 Å². The van der Waals surface area contributed by atoms with Crippen molar-refractivity contribution in [3.8, 4) is 5.75 Å². The van der Waals surface area contributed by atoms with Crippen LogP contribution in [-0.4, -0.2) is 24.5 Å². The van der Waals surface area contributed by atoms with Gasteiger partial charge in [-0.15, -0.1) is 0 Å². The quantitative estimate of drug-likeness (QED) is 0.648. The molecule has 0 bridgehead atoms. The molecule has 0 atom stereocenters. The van der Waals surface area contributed by atoms with E-state index in [4.69, 9.17) is 9.84 Å². The number of aromatic nitrogens is 1. The van der Waals surface area contributed by atoms with Gasteiger partial charge in [-0.2, -0.15) is 0 Å². The second kappa shape index (κ2) is 7.88. The minimum atomic E-state index is -3.85. The number of hydrogen-bond donors (Lipinski definition) is 2. The van der Waals surface area contributed by atoms with Crippen molar-refractivity contribution < 1.29 is 23.1 Å². The molecule has 0 saturated heterocycles. The van der Waals surface area contributed by atoms with Gasteiger partial charge in [0.2, 0.25) is 0 Å². The lowest BCUT2D eigenvalue weighted by Gasteiger charge is -2.11. The molecule has 3 rings (SSSR count). The van der Waals surface area contributed by atoms with Gasteiger partial charge in [0.25, 0.3) is 10.0 Å². The molecule has 0 unspecified atom stereocenters. The molecule has 1 heterocycles. The first kappa shape index (κ1) is 18.4. The largest absolute Gasteiger partial charge is 0.487 e. The van der Waals surface area contributed by atoms with Crippen LogP contribution in [0.5, 0.6) is 5.75 Å². The van der Waals surface area contributed by atoms with Crippen LogP contribution < -0.4 is 9.46 Å².